The molecular formula is C15H20FN3O2. The zero-order chi connectivity index (χ0) is 15.4. The van der Waals surface area contributed by atoms with E-state index >= 15 is 0 Å². The van der Waals surface area contributed by atoms with Crippen molar-refractivity contribution in [3.8, 4) is 0 Å². The molecule has 1 heterocycles. The van der Waals surface area contributed by atoms with Gasteiger partial charge < -0.3 is 16.0 Å². The largest absolute Gasteiger partial charge is 0.352 e. The zero-order valence-electron chi connectivity index (χ0n) is 12.1. The van der Waals surface area contributed by atoms with Crippen LogP contribution in [-0.2, 0) is 0 Å². The van der Waals surface area contributed by atoms with E-state index in [0.29, 0.717) is 30.8 Å². The van der Waals surface area contributed by atoms with Crippen LogP contribution in [0.5, 0.6) is 0 Å². The average molecular weight is 293 g/mol. The maximum atomic E-state index is 13.1. The Morgan fingerprint density at radius 1 is 1.48 bits per heavy atom. The van der Waals surface area contributed by atoms with Crippen LogP contribution in [0.3, 0.4) is 0 Å². The number of halogens is 1. The smallest absolute Gasteiger partial charge is 0.312 e. The molecule has 0 aliphatic carbocycles. The van der Waals surface area contributed by atoms with Gasteiger partial charge in [-0.05, 0) is 49.4 Å². The highest BCUT2D eigenvalue weighted by atomic mass is 19.1. The molecule has 2 rings (SSSR count). The molecule has 1 atom stereocenters. The Hall–Kier alpha value is -2.11. The molecule has 1 aliphatic rings. The van der Waals surface area contributed by atoms with E-state index in [1.54, 1.807) is 11.8 Å². The highest BCUT2D eigenvalue weighted by Crippen LogP contribution is 2.20. The van der Waals surface area contributed by atoms with E-state index in [9.17, 15) is 14.0 Å². The molecule has 0 spiro atoms. The summed E-state index contributed by atoms with van der Waals surface area (Å²) in [5, 5.41) is 2.58. The van der Waals surface area contributed by atoms with Gasteiger partial charge in [0.05, 0.1) is 0 Å². The number of hydrogen-bond donors (Lipinski definition) is 2. The average Bonchev–Trinajstić information content (AvgIpc) is 2.45. The lowest BCUT2D eigenvalue weighted by molar-refractivity contribution is 0.0674. The lowest BCUT2D eigenvalue weighted by atomic mass is 9.96. The fourth-order valence-corrected chi connectivity index (χ4v) is 2.70. The van der Waals surface area contributed by atoms with Crippen LogP contribution in [0, 0.1) is 18.7 Å². The number of nitrogens with zero attached hydrogens (tertiary/aromatic N) is 1. The lowest BCUT2D eigenvalue weighted by Gasteiger charge is -2.33. The molecule has 3 amide bonds. The van der Waals surface area contributed by atoms with E-state index in [0.717, 1.165) is 12.8 Å². The standard InChI is InChI=1S/C15H20FN3O2/c1-10-7-12(16)4-5-13(10)14(20)19-6-2-3-11(9-19)8-18-15(17)21/h4-5,7,11H,2-3,6,8-9H2,1H3,(H3,17,18,21). The molecule has 0 aromatic heterocycles. The molecule has 1 aromatic rings. The van der Waals surface area contributed by atoms with Crippen molar-refractivity contribution in [1.82, 2.24) is 10.2 Å². The highest BCUT2D eigenvalue weighted by molar-refractivity contribution is 5.95. The summed E-state index contributed by atoms with van der Waals surface area (Å²) in [6.07, 6.45) is 1.84. The Morgan fingerprint density at radius 2 is 2.24 bits per heavy atom. The minimum Gasteiger partial charge on any atom is -0.352 e. The van der Waals surface area contributed by atoms with Gasteiger partial charge in [-0.2, -0.15) is 0 Å². The van der Waals surface area contributed by atoms with Crippen LogP contribution in [0.15, 0.2) is 18.2 Å². The summed E-state index contributed by atoms with van der Waals surface area (Å²) in [6, 6.07) is 3.64. The number of nitrogens with one attached hydrogen (secondary N) is 1. The molecule has 0 bridgehead atoms. The first kappa shape index (κ1) is 15.3. The first-order valence-corrected chi connectivity index (χ1v) is 7.06. The summed E-state index contributed by atoms with van der Waals surface area (Å²) >= 11 is 0. The van der Waals surface area contributed by atoms with Gasteiger partial charge in [0.2, 0.25) is 0 Å². The second-order valence-corrected chi connectivity index (χ2v) is 5.46. The van der Waals surface area contributed by atoms with Crippen LogP contribution in [0.1, 0.15) is 28.8 Å². The van der Waals surface area contributed by atoms with E-state index in [1.165, 1.54) is 18.2 Å². The molecule has 114 valence electrons. The third kappa shape index (κ3) is 3.93. The van der Waals surface area contributed by atoms with Crippen molar-refractivity contribution >= 4 is 11.9 Å². The summed E-state index contributed by atoms with van der Waals surface area (Å²) in [5.41, 5.74) is 6.23. The Morgan fingerprint density at radius 3 is 2.90 bits per heavy atom. The van der Waals surface area contributed by atoms with Gasteiger partial charge in [-0.1, -0.05) is 0 Å². The van der Waals surface area contributed by atoms with Crippen LogP contribution in [0.2, 0.25) is 0 Å². The number of rotatable bonds is 3. The van der Waals surface area contributed by atoms with Gasteiger partial charge in [-0.15, -0.1) is 0 Å². The predicted molar refractivity (Wildman–Crippen MR) is 77.4 cm³/mol. The number of carbonyl (C=O) groups is 2. The fraction of sp³-hybridized carbons (Fsp3) is 0.467. The van der Waals surface area contributed by atoms with Crippen LogP contribution in [-0.4, -0.2) is 36.5 Å². The van der Waals surface area contributed by atoms with Gasteiger partial charge in [0.25, 0.3) is 5.91 Å². The summed E-state index contributed by atoms with van der Waals surface area (Å²) in [4.78, 5) is 25.0. The highest BCUT2D eigenvalue weighted by Gasteiger charge is 2.25. The Balaban J connectivity index is 2.03. The third-order valence-corrected chi connectivity index (χ3v) is 3.79. The van der Waals surface area contributed by atoms with Crippen molar-refractivity contribution in [3.63, 3.8) is 0 Å². The minimum atomic E-state index is -0.548. The monoisotopic (exact) mass is 293 g/mol. The minimum absolute atomic E-state index is 0.0868. The Labute approximate surface area is 123 Å². The molecule has 3 N–H and O–H groups in total. The molecular weight excluding hydrogens is 273 g/mol. The molecule has 0 radical (unpaired) electrons. The number of nitrogens with two attached hydrogens (primary N) is 1. The maximum absolute atomic E-state index is 13.1. The Bertz CT molecular complexity index is 548. The van der Waals surface area contributed by atoms with E-state index in [-0.39, 0.29) is 17.6 Å². The first-order valence-electron chi connectivity index (χ1n) is 7.06. The number of aryl methyl sites for hydroxylation is 1. The van der Waals surface area contributed by atoms with Crippen molar-refractivity contribution in [2.75, 3.05) is 19.6 Å². The van der Waals surface area contributed by atoms with Crippen LogP contribution >= 0.6 is 0 Å². The number of urea groups is 1. The third-order valence-electron chi connectivity index (χ3n) is 3.79. The van der Waals surface area contributed by atoms with Gasteiger partial charge in [0, 0.05) is 25.2 Å². The molecule has 0 saturated carbocycles. The predicted octanol–water partition coefficient (Wildman–Crippen LogP) is 1.65. The normalized spacial score (nSPS) is 18.4. The van der Waals surface area contributed by atoms with E-state index < -0.39 is 6.03 Å². The molecule has 1 saturated heterocycles. The topological polar surface area (TPSA) is 75.4 Å². The van der Waals surface area contributed by atoms with E-state index in [2.05, 4.69) is 5.32 Å². The maximum Gasteiger partial charge on any atom is 0.312 e. The first-order chi connectivity index (χ1) is 9.97. The lowest BCUT2D eigenvalue weighted by Crippen LogP contribution is -2.44. The van der Waals surface area contributed by atoms with Crippen molar-refractivity contribution in [1.29, 1.82) is 0 Å². The fourth-order valence-electron chi connectivity index (χ4n) is 2.70. The Kier molecular flexibility index (Phi) is 4.77. The quantitative estimate of drug-likeness (QED) is 0.889. The van der Waals surface area contributed by atoms with Gasteiger partial charge in [-0.25, -0.2) is 9.18 Å². The number of likely N-dealkylation sites (tertiary alicyclic amines) is 1. The van der Waals surface area contributed by atoms with Gasteiger partial charge in [0.15, 0.2) is 0 Å². The summed E-state index contributed by atoms with van der Waals surface area (Å²) in [6.45, 7) is 3.46. The number of carbonyl (C=O) groups excluding carboxylic acids is 2. The molecule has 1 aromatic carbocycles. The van der Waals surface area contributed by atoms with Crippen LogP contribution in [0.25, 0.3) is 0 Å². The van der Waals surface area contributed by atoms with Crippen molar-refractivity contribution in [2.45, 2.75) is 19.8 Å². The number of hydrogen-bond acceptors (Lipinski definition) is 2. The molecule has 1 aliphatic heterocycles. The van der Waals surface area contributed by atoms with Crippen molar-refractivity contribution in [2.24, 2.45) is 11.7 Å². The van der Waals surface area contributed by atoms with Gasteiger partial charge in [0.1, 0.15) is 5.82 Å². The molecule has 5 nitrogen and oxygen atoms in total. The summed E-state index contributed by atoms with van der Waals surface area (Å²) < 4.78 is 13.1. The second-order valence-electron chi connectivity index (χ2n) is 5.46. The second kappa shape index (κ2) is 6.56. The molecule has 1 unspecified atom stereocenters. The molecule has 6 heteroatoms. The molecule has 1 fully saturated rings. The number of piperidine rings is 1. The van der Waals surface area contributed by atoms with E-state index in [4.69, 9.17) is 5.73 Å². The van der Waals surface area contributed by atoms with Gasteiger partial charge in [-0.3, -0.25) is 4.79 Å². The number of benzene rings is 1. The van der Waals surface area contributed by atoms with Crippen LogP contribution < -0.4 is 11.1 Å². The SMILES string of the molecule is Cc1cc(F)ccc1C(=O)N1CCCC(CNC(N)=O)C1. The number of primary amides is 1. The zero-order valence-corrected chi connectivity index (χ0v) is 12.1. The summed E-state index contributed by atoms with van der Waals surface area (Å²) in [7, 11) is 0. The number of amides is 3. The van der Waals surface area contributed by atoms with E-state index in [1.807, 2.05) is 0 Å². The van der Waals surface area contributed by atoms with Crippen LogP contribution in [0.4, 0.5) is 9.18 Å². The van der Waals surface area contributed by atoms with Gasteiger partial charge >= 0.3 is 6.03 Å². The van der Waals surface area contributed by atoms with Crippen molar-refractivity contribution < 1.29 is 14.0 Å². The summed E-state index contributed by atoms with van der Waals surface area (Å²) in [5.74, 6) is -0.224. The molecule has 21 heavy (non-hydrogen) atoms. The van der Waals surface area contributed by atoms with Crippen molar-refractivity contribution in [3.05, 3.63) is 35.1 Å².